The zero-order chi connectivity index (χ0) is 26.6. The second kappa shape index (κ2) is 6.43. The molecule has 0 radical (unpaired) electrons. The van der Waals surface area contributed by atoms with Crippen LogP contribution in [-0.2, 0) is 0 Å². The summed E-state index contributed by atoms with van der Waals surface area (Å²) in [6.07, 6.45) is 8.76. The minimum atomic E-state index is -0.361. The summed E-state index contributed by atoms with van der Waals surface area (Å²) in [5.41, 5.74) is 11.0. The molecule has 2 N–H and O–H groups in total. The Balaban J connectivity index is 1.31. The van der Waals surface area contributed by atoms with Crippen molar-refractivity contribution in [3.63, 3.8) is 0 Å². The summed E-state index contributed by atoms with van der Waals surface area (Å²) in [4.78, 5) is 50.9. The molecule has 2 heterocycles. The van der Waals surface area contributed by atoms with Crippen molar-refractivity contribution in [1.82, 2.24) is 10.6 Å². The Morgan fingerprint density at radius 2 is 0.775 bits per heavy atom. The number of nitrogens with one attached hydrogen (secondary N) is 2. The number of amides is 4. The minimum absolute atomic E-state index is 0.0279. The number of carbonyl (C=O) groups is 4. The second-order valence-electron chi connectivity index (χ2n) is 11.1. The fourth-order valence-corrected chi connectivity index (χ4v) is 7.95. The number of fused-ring (bicyclic) bond motifs is 4. The van der Waals surface area contributed by atoms with Gasteiger partial charge in [0.1, 0.15) is 0 Å². The highest BCUT2D eigenvalue weighted by Crippen LogP contribution is 2.59. The summed E-state index contributed by atoms with van der Waals surface area (Å²) >= 11 is 0. The highest BCUT2D eigenvalue weighted by Gasteiger charge is 2.42. The lowest BCUT2D eigenvalue weighted by Gasteiger charge is -2.41. The summed E-state index contributed by atoms with van der Waals surface area (Å²) in [6, 6.07) is 15.4. The van der Waals surface area contributed by atoms with E-state index >= 15 is 0 Å². The van der Waals surface area contributed by atoms with Crippen molar-refractivity contribution < 1.29 is 19.2 Å². The van der Waals surface area contributed by atoms with E-state index < -0.39 is 0 Å². The summed E-state index contributed by atoms with van der Waals surface area (Å²) in [7, 11) is 0. The van der Waals surface area contributed by atoms with Gasteiger partial charge in [-0.05, 0) is 79.6 Å². The standard InChI is InChI=1S/C34H16N2O4/c37-31-21-9-5-17-13-1-2-14-18-6-10-23-30-24(34(40)36-33(23)39)12-8-20(28(18)30)16-4-3-15(25(13)26(14)16)19-7-11-22(32(38)35-31)29(21)27(17)19/h1-13,16H,(H,35,37,38)(H,36,39,40). The monoisotopic (exact) mass is 516 g/mol. The third-order valence-corrected chi connectivity index (χ3v) is 9.47. The smallest absolute Gasteiger partial charge is 0.258 e. The van der Waals surface area contributed by atoms with E-state index in [-0.39, 0.29) is 35.5 Å². The normalized spacial score (nSPS) is 22.2. The van der Waals surface area contributed by atoms with E-state index in [0.29, 0.717) is 22.3 Å². The van der Waals surface area contributed by atoms with Crippen LogP contribution in [0.15, 0.2) is 84.0 Å². The maximum absolute atomic E-state index is 12.7. The Labute approximate surface area is 226 Å². The predicted octanol–water partition coefficient (Wildman–Crippen LogP) is 5.30. The van der Waals surface area contributed by atoms with E-state index in [1.54, 1.807) is 0 Å². The summed E-state index contributed by atoms with van der Waals surface area (Å²) < 4.78 is 0. The third kappa shape index (κ3) is 2.10. The molecule has 0 aromatic heterocycles. The van der Waals surface area contributed by atoms with Crippen LogP contribution < -0.4 is 10.6 Å². The quantitative estimate of drug-likeness (QED) is 0.310. The molecule has 10 rings (SSSR count). The van der Waals surface area contributed by atoms with Crippen LogP contribution in [0.2, 0.25) is 0 Å². The molecule has 6 heteroatoms. The fourth-order valence-electron chi connectivity index (χ4n) is 7.95. The third-order valence-electron chi connectivity index (χ3n) is 9.47. The molecule has 6 nitrogen and oxygen atoms in total. The van der Waals surface area contributed by atoms with Gasteiger partial charge in [-0.2, -0.15) is 0 Å². The van der Waals surface area contributed by atoms with Gasteiger partial charge in [-0.3, -0.25) is 29.8 Å². The van der Waals surface area contributed by atoms with Crippen molar-refractivity contribution in [2.75, 3.05) is 0 Å². The maximum Gasteiger partial charge on any atom is 0.258 e. The SMILES string of the molecule is O=C1NC(=O)c2ccc3c4c(ccc1c24)C1=C2C4=C(C=CC23)c2ccc3c5c(ccc(c25)C4C=C1)C(=O)NC3=O. The van der Waals surface area contributed by atoms with E-state index in [0.717, 1.165) is 54.9 Å². The summed E-state index contributed by atoms with van der Waals surface area (Å²) in [5.74, 6) is -1.50. The molecule has 4 amide bonds. The molecule has 0 fully saturated rings. The molecular weight excluding hydrogens is 500 g/mol. The van der Waals surface area contributed by atoms with Crippen molar-refractivity contribution in [2.24, 2.45) is 0 Å². The zero-order valence-electron chi connectivity index (χ0n) is 20.7. The van der Waals surface area contributed by atoms with E-state index in [1.807, 2.05) is 48.5 Å². The van der Waals surface area contributed by atoms with Gasteiger partial charge in [-0.15, -0.1) is 0 Å². The lowest BCUT2D eigenvalue weighted by molar-refractivity contribution is 0.0828. The molecule has 40 heavy (non-hydrogen) atoms. The van der Waals surface area contributed by atoms with Crippen molar-refractivity contribution in [3.8, 4) is 0 Å². The van der Waals surface area contributed by atoms with Gasteiger partial charge in [0, 0.05) is 44.9 Å². The van der Waals surface area contributed by atoms with Crippen LogP contribution in [0.4, 0.5) is 0 Å². The largest absolute Gasteiger partial charge is 0.288 e. The van der Waals surface area contributed by atoms with E-state index in [4.69, 9.17) is 0 Å². The van der Waals surface area contributed by atoms with Crippen LogP contribution in [0, 0.1) is 0 Å². The molecule has 2 atom stereocenters. The average Bonchev–Trinajstić information content (AvgIpc) is 2.97. The highest BCUT2D eigenvalue weighted by molar-refractivity contribution is 6.29. The average molecular weight is 517 g/mol. The van der Waals surface area contributed by atoms with Gasteiger partial charge in [0.25, 0.3) is 23.6 Å². The van der Waals surface area contributed by atoms with Crippen LogP contribution in [0.25, 0.3) is 32.7 Å². The molecule has 0 bridgehead atoms. The Bertz CT molecular complexity index is 2040. The topological polar surface area (TPSA) is 92.3 Å². The Morgan fingerprint density at radius 1 is 0.425 bits per heavy atom. The van der Waals surface area contributed by atoms with Crippen LogP contribution >= 0.6 is 0 Å². The van der Waals surface area contributed by atoms with Crippen LogP contribution in [0.3, 0.4) is 0 Å². The Hall–Kier alpha value is -5.36. The molecular formula is C34H16N2O4. The Kier molecular flexibility index (Phi) is 3.31. The van der Waals surface area contributed by atoms with Gasteiger partial charge in [0.15, 0.2) is 0 Å². The lowest BCUT2D eigenvalue weighted by atomic mass is 9.61. The molecule has 0 saturated heterocycles. The first kappa shape index (κ1) is 20.6. The van der Waals surface area contributed by atoms with Gasteiger partial charge in [0.05, 0.1) is 0 Å². The maximum atomic E-state index is 12.7. The predicted molar refractivity (Wildman–Crippen MR) is 149 cm³/mol. The molecule has 0 saturated carbocycles. The number of imide groups is 2. The van der Waals surface area contributed by atoms with Crippen molar-refractivity contribution >= 4 is 56.3 Å². The first-order valence-electron chi connectivity index (χ1n) is 13.3. The number of benzene rings is 4. The molecule has 4 aromatic carbocycles. The van der Waals surface area contributed by atoms with E-state index in [1.165, 1.54) is 11.1 Å². The lowest BCUT2D eigenvalue weighted by Crippen LogP contribution is -2.35. The molecule has 186 valence electrons. The Morgan fingerprint density at radius 3 is 1.18 bits per heavy atom. The first-order chi connectivity index (χ1) is 19.5. The summed E-state index contributed by atoms with van der Waals surface area (Å²) in [5, 5.41) is 8.34. The van der Waals surface area contributed by atoms with Gasteiger partial charge in [-0.25, -0.2) is 0 Å². The highest BCUT2D eigenvalue weighted by atomic mass is 16.2. The van der Waals surface area contributed by atoms with Crippen LogP contribution in [-0.4, -0.2) is 23.6 Å². The van der Waals surface area contributed by atoms with E-state index in [2.05, 4.69) is 34.9 Å². The van der Waals surface area contributed by atoms with Gasteiger partial charge in [0.2, 0.25) is 0 Å². The summed E-state index contributed by atoms with van der Waals surface area (Å²) in [6.45, 7) is 0. The van der Waals surface area contributed by atoms with Crippen molar-refractivity contribution in [1.29, 1.82) is 0 Å². The van der Waals surface area contributed by atoms with Gasteiger partial charge < -0.3 is 0 Å². The number of hydrogen-bond donors (Lipinski definition) is 2. The van der Waals surface area contributed by atoms with Gasteiger partial charge in [-0.1, -0.05) is 48.6 Å². The molecule has 4 aromatic rings. The zero-order valence-corrected chi connectivity index (χ0v) is 20.7. The number of allylic oxidation sites excluding steroid dienone is 8. The molecule has 6 aliphatic rings. The number of hydrogen-bond acceptors (Lipinski definition) is 4. The van der Waals surface area contributed by atoms with Crippen LogP contribution in [0.1, 0.15) is 75.5 Å². The number of carbonyl (C=O) groups excluding carboxylic acids is 4. The minimum Gasteiger partial charge on any atom is -0.288 e. The first-order valence-corrected chi connectivity index (χ1v) is 13.3. The second-order valence-corrected chi connectivity index (χ2v) is 11.1. The molecule has 2 unspecified atom stereocenters. The van der Waals surface area contributed by atoms with Crippen molar-refractivity contribution in [2.45, 2.75) is 11.8 Å². The molecule has 2 aliphatic heterocycles. The van der Waals surface area contributed by atoms with Crippen molar-refractivity contribution in [3.05, 3.63) is 128 Å². The molecule has 0 spiro atoms. The van der Waals surface area contributed by atoms with E-state index in [9.17, 15) is 19.2 Å². The molecule has 4 aliphatic carbocycles. The number of rotatable bonds is 0. The van der Waals surface area contributed by atoms with Crippen LogP contribution in [0.5, 0.6) is 0 Å². The fraction of sp³-hybridized carbons (Fsp3) is 0.0588. The van der Waals surface area contributed by atoms with Gasteiger partial charge >= 0.3 is 0 Å².